The molecule has 0 aromatic heterocycles. The molecule has 0 spiro atoms. The maximum atomic E-state index is 12.0. The van der Waals surface area contributed by atoms with Crippen molar-refractivity contribution < 1.29 is 19.1 Å². The molecule has 0 aliphatic rings. The zero-order chi connectivity index (χ0) is 15.3. The lowest BCUT2D eigenvalue weighted by Crippen LogP contribution is -2.26. The predicted octanol–water partition coefficient (Wildman–Crippen LogP) is 3.19. The van der Waals surface area contributed by atoms with E-state index in [0.717, 1.165) is 6.29 Å². The van der Waals surface area contributed by atoms with Crippen LogP contribution in [0.4, 0.5) is 0 Å². The fourth-order valence-electron chi connectivity index (χ4n) is 1.57. The molecule has 108 valence electrons. The minimum absolute atomic E-state index is 0.345. The highest BCUT2D eigenvalue weighted by atomic mass is 16.6. The molecule has 0 fully saturated rings. The van der Waals surface area contributed by atoms with Gasteiger partial charge in [0.15, 0.2) is 11.5 Å². The van der Waals surface area contributed by atoms with Crippen LogP contribution in [0, 0.1) is 5.41 Å². The summed E-state index contributed by atoms with van der Waals surface area (Å²) >= 11 is 0. The lowest BCUT2D eigenvalue weighted by atomic mass is 9.97. The van der Waals surface area contributed by atoms with Crippen molar-refractivity contribution in [1.82, 2.24) is 0 Å². The first kappa shape index (κ1) is 16.0. The third-order valence-electron chi connectivity index (χ3n) is 2.68. The van der Waals surface area contributed by atoms with Gasteiger partial charge in [0.25, 0.3) is 0 Å². The Kier molecular flexibility index (Phi) is 5.08. The van der Waals surface area contributed by atoms with Crippen LogP contribution in [0.5, 0.6) is 11.5 Å². The van der Waals surface area contributed by atoms with Crippen LogP contribution in [-0.4, -0.2) is 19.4 Å². The molecule has 1 aromatic rings. The second kappa shape index (κ2) is 6.37. The summed E-state index contributed by atoms with van der Waals surface area (Å²) in [4.78, 5) is 23.0. The number of carbonyl (C=O) groups is 2. The SMILES string of the molecule is C=CCc1cc(C=O)cc(OC)c1OC(=O)C(C)(C)C. The van der Waals surface area contributed by atoms with Gasteiger partial charge in [-0.3, -0.25) is 9.59 Å². The quantitative estimate of drug-likeness (QED) is 0.359. The van der Waals surface area contributed by atoms with Gasteiger partial charge in [-0.2, -0.15) is 0 Å². The molecule has 0 aliphatic heterocycles. The van der Waals surface area contributed by atoms with Gasteiger partial charge in [0.1, 0.15) is 6.29 Å². The van der Waals surface area contributed by atoms with Crippen molar-refractivity contribution in [3.05, 3.63) is 35.9 Å². The van der Waals surface area contributed by atoms with Gasteiger partial charge in [0.2, 0.25) is 0 Å². The van der Waals surface area contributed by atoms with Crippen molar-refractivity contribution in [2.45, 2.75) is 27.2 Å². The lowest BCUT2D eigenvalue weighted by molar-refractivity contribution is -0.143. The number of rotatable bonds is 5. The molecule has 0 unspecified atom stereocenters. The summed E-state index contributed by atoms with van der Waals surface area (Å²) in [6.45, 7) is 8.98. The fraction of sp³-hybridized carbons (Fsp3) is 0.375. The monoisotopic (exact) mass is 276 g/mol. The van der Waals surface area contributed by atoms with Crippen molar-refractivity contribution in [2.75, 3.05) is 7.11 Å². The Morgan fingerprint density at radius 3 is 2.45 bits per heavy atom. The minimum atomic E-state index is -0.625. The molecule has 1 rings (SSSR count). The summed E-state index contributed by atoms with van der Waals surface area (Å²) in [5, 5.41) is 0. The van der Waals surface area contributed by atoms with Gasteiger partial charge in [0, 0.05) is 11.1 Å². The van der Waals surface area contributed by atoms with Crippen LogP contribution in [0.25, 0.3) is 0 Å². The Morgan fingerprint density at radius 2 is 2.00 bits per heavy atom. The minimum Gasteiger partial charge on any atom is -0.493 e. The molecule has 4 nitrogen and oxygen atoms in total. The van der Waals surface area contributed by atoms with E-state index < -0.39 is 5.41 Å². The molecule has 0 bridgehead atoms. The van der Waals surface area contributed by atoms with Crippen LogP contribution >= 0.6 is 0 Å². The van der Waals surface area contributed by atoms with Crippen LogP contribution in [0.15, 0.2) is 24.8 Å². The van der Waals surface area contributed by atoms with Crippen molar-refractivity contribution in [3.8, 4) is 11.5 Å². The van der Waals surface area contributed by atoms with Crippen molar-refractivity contribution in [1.29, 1.82) is 0 Å². The maximum absolute atomic E-state index is 12.0. The third-order valence-corrected chi connectivity index (χ3v) is 2.68. The molecule has 0 saturated heterocycles. The highest BCUT2D eigenvalue weighted by Crippen LogP contribution is 2.34. The summed E-state index contributed by atoms with van der Waals surface area (Å²) in [5.41, 5.74) is 0.535. The molecule has 0 aliphatic carbocycles. The normalized spacial score (nSPS) is 10.8. The standard InChI is InChI=1S/C16H20O4/c1-6-7-12-8-11(10-17)9-13(19-5)14(12)20-15(18)16(2,3)4/h6,8-10H,1,7H2,2-5H3. The van der Waals surface area contributed by atoms with Crippen LogP contribution in [0.2, 0.25) is 0 Å². The molecule has 1 aromatic carbocycles. The van der Waals surface area contributed by atoms with E-state index in [-0.39, 0.29) is 5.97 Å². The van der Waals surface area contributed by atoms with Gasteiger partial charge < -0.3 is 9.47 Å². The largest absolute Gasteiger partial charge is 0.493 e. The first-order chi connectivity index (χ1) is 9.33. The number of aldehydes is 1. The van der Waals surface area contributed by atoms with Gasteiger partial charge in [-0.15, -0.1) is 6.58 Å². The number of benzene rings is 1. The predicted molar refractivity (Wildman–Crippen MR) is 77.4 cm³/mol. The molecule has 4 heteroatoms. The topological polar surface area (TPSA) is 52.6 Å². The Bertz CT molecular complexity index is 524. The van der Waals surface area contributed by atoms with Crippen LogP contribution < -0.4 is 9.47 Å². The van der Waals surface area contributed by atoms with Gasteiger partial charge in [0.05, 0.1) is 12.5 Å². The second-order valence-corrected chi connectivity index (χ2v) is 5.46. The molecule has 20 heavy (non-hydrogen) atoms. The third kappa shape index (κ3) is 3.70. The van der Waals surface area contributed by atoms with Gasteiger partial charge in [-0.25, -0.2) is 0 Å². The highest BCUT2D eigenvalue weighted by molar-refractivity contribution is 5.81. The highest BCUT2D eigenvalue weighted by Gasteiger charge is 2.26. The number of carbonyl (C=O) groups excluding carboxylic acids is 2. The Labute approximate surface area is 119 Å². The maximum Gasteiger partial charge on any atom is 0.316 e. The molecule has 0 saturated carbocycles. The summed E-state index contributed by atoms with van der Waals surface area (Å²) in [5.74, 6) is 0.349. The van der Waals surface area contributed by atoms with Crippen LogP contribution in [-0.2, 0) is 11.2 Å². The first-order valence-corrected chi connectivity index (χ1v) is 6.32. The van der Waals surface area contributed by atoms with E-state index in [1.165, 1.54) is 7.11 Å². The molecule has 0 N–H and O–H groups in total. The fourth-order valence-corrected chi connectivity index (χ4v) is 1.57. The van der Waals surface area contributed by atoms with E-state index in [4.69, 9.17) is 9.47 Å². The van der Waals surface area contributed by atoms with E-state index in [1.54, 1.807) is 39.0 Å². The summed E-state index contributed by atoms with van der Waals surface area (Å²) in [6.07, 6.45) is 2.88. The zero-order valence-corrected chi connectivity index (χ0v) is 12.4. The molecule has 0 atom stereocenters. The van der Waals surface area contributed by atoms with Crippen molar-refractivity contribution in [3.63, 3.8) is 0 Å². The van der Waals surface area contributed by atoms with E-state index in [1.807, 2.05) is 0 Å². The number of hydrogen-bond acceptors (Lipinski definition) is 4. The molecule has 0 radical (unpaired) electrons. The molecule has 0 amide bonds. The Hall–Kier alpha value is -2.10. The number of esters is 1. The second-order valence-electron chi connectivity index (χ2n) is 5.46. The summed E-state index contributed by atoms with van der Waals surface area (Å²) < 4.78 is 10.7. The molecule has 0 heterocycles. The van der Waals surface area contributed by atoms with Crippen LogP contribution in [0.3, 0.4) is 0 Å². The number of ether oxygens (including phenoxy) is 2. The molecular weight excluding hydrogens is 256 g/mol. The first-order valence-electron chi connectivity index (χ1n) is 6.32. The Balaban J connectivity index is 3.30. The number of allylic oxidation sites excluding steroid dienone is 1. The average molecular weight is 276 g/mol. The average Bonchev–Trinajstić information content (AvgIpc) is 2.39. The van der Waals surface area contributed by atoms with Crippen molar-refractivity contribution in [2.24, 2.45) is 5.41 Å². The van der Waals surface area contributed by atoms with E-state index >= 15 is 0 Å². The number of methoxy groups -OCH3 is 1. The zero-order valence-electron chi connectivity index (χ0n) is 12.4. The van der Waals surface area contributed by atoms with Crippen molar-refractivity contribution >= 4 is 12.3 Å². The smallest absolute Gasteiger partial charge is 0.316 e. The number of hydrogen-bond donors (Lipinski definition) is 0. The lowest BCUT2D eigenvalue weighted by Gasteiger charge is -2.19. The summed E-state index contributed by atoms with van der Waals surface area (Å²) in [6, 6.07) is 3.22. The Morgan fingerprint density at radius 1 is 1.35 bits per heavy atom. The summed E-state index contributed by atoms with van der Waals surface area (Å²) in [7, 11) is 1.47. The van der Waals surface area contributed by atoms with E-state index in [9.17, 15) is 9.59 Å². The van der Waals surface area contributed by atoms with E-state index in [0.29, 0.717) is 29.0 Å². The van der Waals surface area contributed by atoms with Gasteiger partial charge in [-0.1, -0.05) is 6.08 Å². The van der Waals surface area contributed by atoms with E-state index in [2.05, 4.69) is 6.58 Å². The van der Waals surface area contributed by atoms with Crippen LogP contribution in [0.1, 0.15) is 36.7 Å². The molecular formula is C16H20O4. The van der Waals surface area contributed by atoms with Gasteiger partial charge in [-0.05, 0) is 39.3 Å². The van der Waals surface area contributed by atoms with Gasteiger partial charge >= 0.3 is 5.97 Å².